The van der Waals surface area contributed by atoms with Gasteiger partial charge in [0.05, 0.1) is 11.1 Å². The van der Waals surface area contributed by atoms with E-state index in [1.807, 2.05) is 69.6 Å². The molecule has 0 aliphatic carbocycles. The second-order valence-electron chi connectivity index (χ2n) is 7.42. The molecule has 10 heteroatoms. The second-order valence-corrected chi connectivity index (χ2v) is 7.42. The van der Waals surface area contributed by atoms with Gasteiger partial charge in [-0.15, -0.1) is 0 Å². The number of carboxylic acids is 2. The number of hydrogen-bond donors (Lipinski definition) is 2. The Morgan fingerprint density at radius 2 is 1.15 bits per heavy atom. The molecule has 33 heavy (non-hydrogen) atoms. The highest BCUT2D eigenvalue weighted by Gasteiger charge is 2.15. The number of rotatable bonds is 6. The molecule has 0 unspecified atom stereocenters. The molecule has 8 nitrogen and oxygen atoms in total. The maximum atomic E-state index is 11.1. The van der Waals surface area contributed by atoms with E-state index in [9.17, 15) is 9.59 Å². The lowest BCUT2D eigenvalue weighted by molar-refractivity contribution is -0.912. The molecule has 0 aliphatic heterocycles. The normalized spacial score (nSPS) is 10.2. The number of halogens is 2. The highest BCUT2D eigenvalue weighted by Crippen LogP contribution is 2.16. The van der Waals surface area contributed by atoms with Crippen molar-refractivity contribution in [3.05, 3.63) is 96.1 Å². The van der Waals surface area contributed by atoms with Crippen LogP contribution in [-0.4, -0.2) is 31.3 Å². The number of benzene rings is 2. The molecular formula is C23H22Cl2N4O4. The minimum atomic E-state index is -0.939. The molecule has 2 N–H and O–H groups in total. The summed E-state index contributed by atoms with van der Waals surface area (Å²) in [5, 5.41) is 18.3. The van der Waals surface area contributed by atoms with Crippen LogP contribution in [-0.2, 0) is 6.67 Å². The van der Waals surface area contributed by atoms with Crippen LogP contribution in [0.1, 0.15) is 31.8 Å². The Morgan fingerprint density at radius 1 is 0.758 bits per heavy atom. The molecule has 0 bridgehead atoms. The van der Waals surface area contributed by atoms with Crippen LogP contribution in [0.3, 0.4) is 0 Å². The number of aromatic carboxylic acids is 2. The lowest BCUT2D eigenvalue weighted by Crippen LogP contribution is -3.00. The topological polar surface area (TPSA) is 92.2 Å². The van der Waals surface area contributed by atoms with Crippen LogP contribution in [0.4, 0.5) is 0 Å². The van der Waals surface area contributed by atoms with Crippen molar-refractivity contribution in [2.75, 3.05) is 0 Å². The molecule has 0 saturated carbocycles. The molecule has 0 atom stereocenters. The third-order valence-electron chi connectivity index (χ3n) is 5.15. The summed E-state index contributed by atoms with van der Waals surface area (Å²) in [6.45, 7) is 4.36. The SMILES string of the molecule is Cc1cc(C(=O)O)ccc1-n1cc[n+](C[n+]2ccn(-c3ccc(C(=O)O)cc3C)c2)c1.[Cl-].[Cl-]. The summed E-state index contributed by atoms with van der Waals surface area (Å²) in [6, 6.07) is 10.1. The predicted molar refractivity (Wildman–Crippen MR) is 111 cm³/mol. The lowest BCUT2D eigenvalue weighted by atomic mass is 10.1. The average Bonchev–Trinajstić information content (AvgIpc) is 3.37. The molecule has 0 amide bonds. The summed E-state index contributed by atoms with van der Waals surface area (Å²) >= 11 is 0. The zero-order valence-electron chi connectivity index (χ0n) is 17.9. The average molecular weight is 489 g/mol. The molecule has 0 radical (unpaired) electrons. The molecule has 0 saturated heterocycles. The van der Waals surface area contributed by atoms with Gasteiger partial charge >= 0.3 is 11.9 Å². The maximum Gasteiger partial charge on any atom is 0.335 e. The lowest BCUT2D eigenvalue weighted by Gasteiger charge is -2.02. The third-order valence-corrected chi connectivity index (χ3v) is 5.15. The van der Waals surface area contributed by atoms with Gasteiger partial charge in [-0.05, 0) is 61.4 Å². The molecule has 4 rings (SSSR count). The second kappa shape index (κ2) is 10.3. The third kappa shape index (κ3) is 5.42. The van der Waals surface area contributed by atoms with Gasteiger partial charge in [0, 0.05) is 0 Å². The van der Waals surface area contributed by atoms with Gasteiger partial charge in [-0.2, -0.15) is 9.13 Å². The quantitative estimate of drug-likeness (QED) is 0.274. The number of aromatic nitrogens is 4. The minimum Gasteiger partial charge on any atom is -1.00 e. The number of aryl methyl sites for hydroxylation is 2. The minimum absolute atomic E-state index is 0. The Labute approximate surface area is 202 Å². The van der Waals surface area contributed by atoms with Crippen LogP contribution in [0.25, 0.3) is 11.4 Å². The van der Waals surface area contributed by atoms with Gasteiger partial charge in [0.15, 0.2) is 0 Å². The first-order chi connectivity index (χ1) is 14.8. The number of carboxylic acid groups (broad SMARTS) is 2. The van der Waals surface area contributed by atoms with E-state index in [1.165, 1.54) is 0 Å². The van der Waals surface area contributed by atoms with Gasteiger partial charge in [0.25, 0.3) is 12.7 Å². The first-order valence-corrected chi connectivity index (χ1v) is 9.64. The monoisotopic (exact) mass is 488 g/mol. The van der Waals surface area contributed by atoms with Crippen molar-refractivity contribution in [2.24, 2.45) is 0 Å². The van der Waals surface area contributed by atoms with Gasteiger partial charge in [0.2, 0.25) is 6.67 Å². The fourth-order valence-corrected chi connectivity index (χ4v) is 3.59. The first kappa shape index (κ1) is 25.6. The zero-order chi connectivity index (χ0) is 22.1. The molecular weight excluding hydrogens is 467 g/mol. The Balaban J connectivity index is 0.00000193. The van der Waals surface area contributed by atoms with E-state index >= 15 is 0 Å². The largest absolute Gasteiger partial charge is 1.00 e. The summed E-state index contributed by atoms with van der Waals surface area (Å²) in [6.07, 6.45) is 11.6. The fourth-order valence-electron chi connectivity index (χ4n) is 3.59. The highest BCUT2D eigenvalue weighted by atomic mass is 35.5. The number of hydrogen-bond acceptors (Lipinski definition) is 2. The van der Waals surface area contributed by atoms with Crippen molar-refractivity contribution in [2.45, 2.75) is 20.5 Å². The van der Waals surface area contributed by atoms with Gasteiger partial charge in [0.1, 0.15) is 36.2 Å². The highest BCUT2D eigenvalue weighted by molar-refractivity contribution is 5.88. The number of carbonyl (C=O) groups is 2. The van der Waals surface area contributed by atoms with Crippen molar-refractivity contribution < 1.29 is 53.8 Å². The van der Waals surface area contributed by atoms with Gasteiger partial charge in [-0.25, -0.2) is 18.7 Å². The van der Waals surface area contributed by atoms with Crippen molar-refractivity contribution >= 4 is 11.9 Å². The Kier molecular flexibility index (Phi) is 8.03. The predicted octanol–water partition coefficient (Wildman–Crippen LogP) is -3.63. The van der Waals surface area contributed by atoms with Crippen molar-refractivity contribution in [3.8, 4) is 11.4 Å². The molecule has 172 valence electrons. The molecule has 2 heterocycles. The summed E-state index contributed by atoms with van der Waals surface area (Å²) in [7, 11) is 0. The van der Waals surface area contributed by atoms with E-state index in [0.29, 0.717) is 6.67 Å². The molecule has 2 aromatic heterocycles. The Bertz CT molecular complexity index is 1210. The van der Waals surface area contributed by atoms with Crippen molar-refractivity contribution in [3.63, 3.8) is 0 Å². The number of imidazole rings is 2. The first-order valence-electron chi connectivity index (χ1n) is 9.64. The van der Waals surface area contributed by atoms with E-state index in [-0.39, 0.29) is 35.9 Å². The molecule has 0 fully saturated rings. The van der Waals surface area contributed by atoms with Crippen molar-refractivity contribution in [1.29, 1.82) is 0 Å². The van der Waals surface area contributed by atoms with Crippen LogP contribution in [0.5, 0.6) is 0 Å². The summed E-state index contributed by atoms with van der Waals surface area (Å²) < 4.78 is 7.92. The summed E-state index contributed by atoms with van der Waals surface area (Å²) in [5.74, 6) is -1.88. The summed E-state index contributed by atoms with van der Waals surface area (Å²) in [4.78, 5) is 22.3. The van der Waals surface area contributed by atoms with Crippen LogP contribution >= 0.6 is 0 Å². The smallest absolute Gasteiger partial charge is 0.335 e. The Hall–Kier alpha value is -3.62. The molecule has 2 aromatic carbocycles. The number of nitrogens with zero attached hydrogens (tertiary/aromatic N) is 4. The van der Waals surface area contributed by atoms with Crippen molar-refractivity contribution in [1.82, 2.24) is 9.13 Å². The molecule has 4 aromatic rings. The van der Waals surface area contributed by atoms with Crippen LogP contribution in [0, 0.1) is 13.8 Å². The van der Waals surface area contributed by atoms with Gasteiger partial charge in [-0.1, -0.05) is 0 Å². The van der Waals surface area contributed by atoms with Crippen LogP contribution < -0.4 is 33.9 Å². The molecule has 0 spiro atoms. The van der Waals surface area contributed by atoms with E-state index in [2.05, 4.69) is 0 Å². The van der Waals surface area contributed by atoms with Crippen LogP contribution in [0.15, 0.2) is 73.8 Å². The standard InChI is InChI=1S/C23H20N4O4.2ClH/c1-16-11-18(22(28)29)3-5-20(16)26-9-7-24(14-26)13-25-8-10-27(15-25)21-6-4-19(23(30)31)12-17(21)2;;/h3-12,14-15H,13H2,1-2H3;2*1H. The maximum absolute atomic E-state index is 11.1. The van der Waals surface area contributed by atoms with Gasteiger partial charge in [-0.3, -0.25) is 0 Å². The van der Waals surface area contributed by atoms with E-state index in [0.717, 1.165) is 22.5 Å². The summed E-state index contributed by atoms with van der Waals surface area (Å²) in [5.41, 5.74) is 4.12. The van der Waals surface area contributed by atoms with E-state index in [1.54, 1.807) is 36.4 Å². The fraction of sp³-hybridized carbons (Fsp3) is 0.130. The zero-order valence-corrected chi connectivity index (χ0v) is 19.4. The van der Waals surface area contributed by atoms with E-state index in [4.69, 9.17) is 10.2 Å². The Morgan fingerprint density at radius 3 is 1.48 bits per heavy atom. The van der Waals surface area contributed by atoms with Crippen LogP contribution in [0.2, 0.25) is 0 Å². The van der Waals surface area contributed by atoms with Gasteiger partial charge < -0.3 is 35.0 Å². The molecule has 0 aliphatic rings. The van der Waals surface area contributed by atoms with E-state index < -0.39 is 11.9 Å².